The van der Waals surface area contributed by atoms with Crippen molar-refractivity contribution in [3.05, 3.63) is 60.1 Å². The summed E-state index contributed by atoms with van der Waals surface area (Å²) in [4.78, 5) is 20.5. The van der Waals surface area contributed by atoms with Crippen LogP contribution in [0.5, 0.6) is 5.75 Å². The Morgan fingerprint density at radius 3 is 2.64 bits per heavy atom. The minimum absolute atomic E-state index is 0.0300. The molecule has 2 heterocycles. The number of anilines is 1. The number of carbonyl (C=O) groups excluding carboxylic acids is 1. The highest BCUT2D eigenvalue weighted by molar-refractivity contribution is 6.03. The summed E-state index contributed by atoms with van der Waals surface area (Å²) in [7, 11) is 0. The zero-order valence-corrected chi connectivity index (χ0v) is 14.8. The summed E-state index contributed by atoms with van der Waals surface area (Å²) in [6.45, 7) is 2.42. The van der Waals surface area contributed by atoms with Gasteiger partial charge >= 0.3 is 6.18 Å². The molecule has 0 radical (unpaired) electrons. The van der Waals surface area contributed by atoms with Crippen molar-refractivity contribution in [2.24, 2.45) is 0 Å². The van der Waals surface area contributed by atoms with Gasteiger partial charge < -0.3 is 14.5 Å². The van der Waals surface area contributed by atoms with Crippen LogP contribution in [-0.2, 0) is 6.18 Å². The Labute approximate surface area is 158 Å². The summed E-state index contributed by atoms with van der Waals surface area (Å²) in [5.74, 6) is 0.105. The summed E-state index contributed by atoms with van der Waals surface area (Å²) >= 11 is 0. The maximum Gasteiger partial charge on any atom is 0.416 e. The molecule has 9 heteroatoms. The number of aromatic nitrogens is 2. The predicted molar refractivity (Wildman–Crippen MR) is 94.9 cm³/mol. The summed E-state index contributed by atoms with van der Waals surface area (Å²) in [5.41, 5.74) is -0.505. The zero-order valence-electron chi connectivity index (χ0n) is 14.8. The normalized spacial score (nSPS) is 11.3. The lowest BCUT2D eigenvalue weighted by Crippen LogP contribution is -2.14. The van der Waals surface area contributed by atoms with Crippen molar-refractivity contribution in [3.8, 4) is 17.2 Å². The number of halogens is 3. The van der Waals surface area contributed by atoms with E-state index in [9.17, 15) is 18.0 Å². The highest BCUT2D eigenvalue weighted by Gasteiger charge is 2.30. The van der Waals surface area contributed by atoms with Crippen molar-refractivity contribution in [1.82, 2.24) is 9.97 Å². The number of nitrogens with one attached hydrogen (secondary N) is 1. The molecule has 0 spiro atoms. The molecule has 1 amide bonds. The van der Waals surface area contributed by atoms with E-state index in [4.69, 9.17) is 9.15 Å². The summed E-state index contributed by atoms with van der Waals surface area (Å²) in [6, 6.07) is 7.65. The van der Waals surface area contributed by atoms with Gasteiger partial charge in [0.1, 0.15) is 6.26 Å². The second kappa shape index (κ2) is 8.12. The van der Waals surface area contributed by atoms with Crippen LogP contribution in [0.25, 0.3) is 11.5 Å². The maximum atomic E-state index is 12.6. The van der Waals surface area contributed by atoms with Crippen LogP contribution < -0.4 is 10.1 Å². The number of alkyl halides is 3. The number of hydrogen-bond donors (Lipinski definition) is 1. The molecule has 3 aromatic rings. The first-order chi connectivity index (χ1) is 13.4. The van der Waals surface area contributed by atoms with E-state index < -0.39 is 17.6 Å². The van der Waals surface area contributed by atoms with Crippen molar-refractivity contribution < 1.29 is 27.1 Å². The van der Waals surface area contributed by atoms with Gasteiger partial charge in [-0.3, -0.25) is 4.79 Å². The van der Waals surface area contributed by atoms with Crippen LogP contribution in [0.3, 0.4) is 0 Å². The van der Waals surface area contributed by atoms with E-state index >= 15 is 0 Å². The fourth-order valence-corrected chi connectivity index (χ4v) is 2.30. The Morgan fingerprint density at radius 1 is 1.21 bits per heavy atom. The van der Waals surface area contributed by atoms with Gasteiger partial charge in [0.25, 0.3) is 5.91 Å². The molecule has 0 aliphatic heterocycles. The van der Waals surface area contributed by atoms with Crippen molar-refractivity contribution in [3.63, 3.8) is 0 Å². The summed E-state index contributed by atoms with van der Waals surface area (Å²) in [6.07, 6.45) is -1.01. The van der Waals surface area contributed by atoms with Crippen molar-refractivity contribution in [1.29, 1.82) is 0 Å². The van der Waals surface area contributed by atoms with Gasteiger partial charge in [0.05, 0.1) is 12.2 Å². The first-order valence-electron chi connectivity index (χ1n) is 8.41. The van der Waals surface area contributed by atoms with Crippen molar-refractivity contribution >= 4 is 11.7 Å². The topological polar surface area (TPSA) is 77.2 Å². The summed E-state index contributed by atoms with van der Waals surface area (Å²) < 4.78 is 48.7. The van der Waals surface area contributed by atoms with Gasteiger partial charge in [-0.05, 0) is 42.8 Å². The quantitative estimate of drug-likeness (QED) is 0.653. The number of pyridine rings is 1. The average molecular weight is 391 g/mol. The van der Waals surface area contributed by atoms with E-state index in [2.05, 4.69) is 15.3 Å². The van der Waals surface area contributed by atoms with Crippen LogP contribution in [0.4, 0.5) is 19.0 Å². The second-order valence-electron chi connectivity index (χ2n) is 5.77. The highest BCUT2D eigenvalue weighted by Crippen LogP contribution is 2.31. The molecule has 0 saturated heterocycles. The first-order valence-corrected chi connectivity index (χ1v) is 8.41. The maximum absolute atomic E-state index is 12.6. The smallest absolute Gasteiger partial charge is 0.416 e. The standard InChI is InChI=1S/C19H16F3N3O3/c1-2-10-27-15-4-3-9-23-16(15)25-17(26)14-11-28-18(24-14)12-5-7-13(8-6-12)19(20,21)22/h3-9,11H,2,10H2,1H3,(H,23,25,26). The number of benzene rings is 1. The van der Waals surface area contributed by atoms with E-state index in [0.717, 1.165) is 24.8 Å². The number of rotatable bonds is 6. The molecule has 0 bridgehead atoms. The zero-order chi connectivity index (χ0) is 20.1. The third-order valence-corrected chi connectivity index (χ3v) is 3.66. The molecule has 0 fully saturated rings. The fourth-order valence-electron chi connectivity index (χ4n) is 2.30. The average Bonchev–Trinajstić information content (AvgIpc) is 3.17. The number of nitrogens with zero attached hydrogens (tertiary/aromatic N) is 2. The number of ether oxygens (including phenoxy) is 1. The number of amides is 1. The molecule has 6 nitrogen and oxygen atoms in total. The van der Waals surface area contributed by atoms with Gasteiger partial charge in [-0.2, -0.15) is 13.2 Å². The monoisotopic (exact) mass is 391 g/mol. The SMILES string of the molecule is CCCOc1cccnc1NC(=O)c1coc(-c2ccc(C(F)(F)F)cc2)n1. The molecule has 0 unspecified atom stereocenters. The van der Waals surface area contributed by atoms with Crippen LogP contribution in [-0.4, -0.2) is 22.5 Å². The van der Waals surface area contributed by atoms with Gasteiger partial charge in [0.15, 0.2) is 17.3 Å². The van der Waals surface area contributed by atoms with Gasteiger partial charge in [-0.15, -0.1) is 0 Å². The summed E-state index contributed by atoms with van der Waals surface area (Å²) in [5, 5.41) is 2.58. The predicted octanol–water partition coefficient (Wildman–Crippen LogP) is 4.80. The lowest BCUT2D eigenvalue weighted by molar-refractivity contribution is -0.137. The van der Waals surface area contributed by atoms with Gasteiger partial charge in [0, 0.05) is 11.8 Å². The van der Waals surface area contributed by atoms with Gasteiger partial charge in [0.2, 0.25) is 5.89 Å². The Kier molecular flexibility index (Phi) is 5.62. The van der Waals surface area contributed by atoms with Crippen LogP contribution in [0, 0.1) is 0 Å². The van der Waals surface area contributed by atoms with E-state index in [1.165, 1.54) is 18.3 Å². The number of carbonyl (C=O) groups is 1. The minimum Gasteiger partial charge on any atom is -0.490 e. The van der Waals surface area contributed by atoms with Crippen LogP contribution in [0.15, 0.2) is 53.3 Å². The molecule has 1 N–H and O–H groups in total. The molecule has 3 rings (SSSR count). The fraction of sp³-hybridized carbons (Fsp3) is 0.211. The molecule has 0 saturated carbocycles. The third kappa shape index (κ3) is 4.48. The van der Waals surface area contributed by atoms with Crippen molar-refractivity contribution in [2.75, 3.05) is 11.9 Å². The van der Waals surface area contributed by atoms with E-state index in [0.29, 0.717) is 17.9 Å². The number of oxazole rings is 1. The molecule has 0 atom stereocenters. The Hall–Kier alpha value is -3.36. The third-order valence-electron chi connectivity index (χ3n) is 3.66. The molecule has 1 aromatic carbocycles. The molecule has 146 valence electrons. The Morgan fingerprint density at radius 2 is 1.96 bits per heavy atom. The molecule has 0 aliphatic rings. The highest BCUT2D eigenvalue weighted by atomic mass is 19.4. The molecular weight excluding hydrogens is 375 g/mol. The largest absolute Gasteiger partial charge is 0.490 e. The first kappa shape index (κ1) is 19.4. The van der Waals surface area contributed by atoms with E-state index in [-0.39, 0.29) is 17.4 Å². The Balaban J connectivity index is 1.74. The van der Waals surface area contributed by atoms with Gasteiger partial charge in [-0.25, -0.2) is 9.97 Å². The lowest BCUT2D eigenvalue weighted by Gasteiger charge is -2.09. The van der Waals surface area contributed by atoms with Crippen LogP contribution >= 0.6 is 0 Å². The molecule has 28 heavy (non-hydrogen) atoms. The van der Waals surface area contributed by atoms with E-state index in [1.54, 1.807) is 12.1 Å². The van der Waals surface area contributed by atoms with Crippen LogP contribution in [0.2, 0.25) is 0 Å². The number of hydrogen-bond acceptors (Lipinski definition) is 5. The van der Waals surface area contributed by atoms with E-state index in [1.807, 2.05) is 6.92 Å². The van der Waals surface area contributed by atoms with Crippen LogP contribution in [0.1, 0.15) is 29.4 Å². The molecular formula is C19H16F3N3O3. The minimum atomic E-state index is -4.43. The second-order valence-corrected chi connectivity index (χ2v) is 5.77. The van der Waals surface area contributed by atoms with Crippen molar-refractivity contribution in [2.45, 2.75) is 19.5 Å². The molecule has 2 aromatic heterocycles. The lowest BCUT2D eigenvalue weighted by atomic mass is 10.1. The van der Waals surface area contributed by atoms with Gasteiger partial charge in [-0.1, -0.05) is 6.92 Å². The Bertz CT molecular complexity index is 953. The molecule has 0 aliphatic carbocycles.